The van der Waals surface area contributed by atoms with Crippen molar-refractivity contribution >= 4 is 0 Å². The van der Waals surface area contributed by atoms with Crippen molar-refractivity contribution in [2.24, 2.45) is 0 Å². The topological polar surface area (TPSA) is 69.0 Å². The first-order chi connectivity index (χ1) is 12.7. The van der Waals surface area contributed by atoms with Crippen LogP contribution in [0.5, 0.6) is 0 Å². The smallest absolute Gasteiger partial charge is 0.267 e. The van der Waals surface area contributed by atoms with Crippen LogP contribution in [0, 0.1) is 0 Å². The fourth-order valence-electron chi connectivity index (χ4n) is 4.08. The molecule has 3 heterocycles. The highest BCUT2D eigenvalue weighted by molar-refractivity contribution is 5.19. The molecule has 0 radical (unpaired) electrons. The van der Waals surface area contributed by atoms with Gasteiger partial charge < -0.3 is 10.1 Å². The highest BCUT2D eigenvalue weighted by Crippen LogP contribution is 2.29. The molecule has 2 aliphatic rings. The van der Waals surface area contributed by atoms with Crippen LogP contribution in [-0.2, 0) is 17.8 Å². The van der Waals surface area contributed by atoms with E-state index in [4.69, 9.17) is 4.74 Å². The fourth-order valence-corrected chi connectivity index (χ4v) is 4.08. The van der Waals surface area contributed by atoms with E-state index in [2.05, 4.69) is 34.5 Å². The molecule has 2 aromatic rings. The monoisotopic (exact) mass is 354 g/mol. The van der Waals surface area contributed by atoms with Crippen molar-refractivity contribution in [1.29, 1.82) is 0 Å². The Hall–Kier alpha value is -2.05. The number of nitrogens with one attached hydrogen (secondary N) is 1. The first-order valence-corrected chi connectivity index (χ1v) is 9.56. The molecule has 1 saturated carbocycles. The summed E-state index contributed by atoms with van der Waals surface area (Å²) in [6, 6.07) is 6.84. The molecule has 4 rings (SSSR count). The largest absolute Gasteiger partial charge is 0.376 e. The summed E-state index contributed by atoms with van der Waals surface area (Å²) in [4.78, 5) is 16.5. The van der Waals surface area contributed by atoms with Crippen molar-refractivity contribution in [1.82, 2.24) is 20.1 Å². The number of aromatic nitrogens is 3. The molecule has 6 nitrogen and oxygen atoms in total. The predicted octanol–water partition coefficient (Wildman–Crippen LogP) is 2.55. The van der Waals surface area contributed by atoms with E-state index in [9.17, 15) is 4.79 Å². The lowest BCUT2D eigenvalue weighted by Crippen LogP contribution is -2.38. The van der Waals surface area contributed by atoms with Gasteiger partial charge in [-0.2, -0.15) is 5.10 Å². The minimum absolute atomic E-state index is 0.0100. The number of ether oxygens (including phenoxy) is 1. The van der Waals surface area contributed by atoms with Gasteiger partial charge in [-0.1, -0.05) is 0 Å². The van der Waals surface area contributed by atoms with E-state index in [0.717, 1.165) is 43.4 Å². The van der Waals surface area contributed by atoms with E-state index >= 15 is 0 Å². The zero-order valence-corrected chi connectivity index (χ0v) is 15.2. The number of nitrogens with zero attached hydrogens (tertiary/aromatic N) is 3. The van der Waals surface area contributed by atoms with Gasteiger partial charge >= 0.3 is 0 Å². The molecule has 1 N–H and O–H groups in total. The Labute approximate surface area is 153 Å². The van der Waals surface area contributed by atoms with Gasteiger partial charge in [0.15, 0.2) is 0 Å². The summed E-state index contributed by atoms with van der Waals surface area (Å²) >= 11 is 0. The van der Waals surface area contributed by atoms with E-state index in [0.29, 0.717) is 25.3 Å². The van der Waals surface area contributed by atoms with Gasteiger partial charge in [0.25, 0.3) is 5.56 Å². The number of hydrogen-bond acceptors (Lipinski definition) is 5. The summed E-state index contributed by atoms with van der Waals surface area (Å²) in [6.07, 6.45) is 8.58. The van der Waals surface area contributed by atoms with Gasteiger partial charge in [0.2, 0.25) is 0 Å². The third-order valence-corrected chi connectivity index (χ3v) is 5.60. The van der Waals surface area contributed by atoms with E-state index in [-0.39, 0.29) is 11.6 Å². The molecule has 0 saturated heterocycles. The normalized spacial score (nSPS) is 24.0. The second kappa shape index (κ2) is 7.68. The molecule has 2 aromatic heterocycles. The lowest BCUT2D eigenvalue weighted by atomic mass is 9.90. The van der Waals surface area contributed by atoms with Gasteiger partial charge in [0.05, 0.1) is 24.9 Å². The van der Waals surface area contributed by atoms with E-state index in [1.54, 1.807) is 10.7 Å². The molecule has 26 heavy (non-hydrogen) atoms. The van der Waals surface area contributed by atoms with Crippen molar-refractivity contribution < 1.29 is 4.74 Å². The summed E-state index contributed by atoms with van der Waals surface area (Å²) in [5.74, 6) is 0. The Kier molecular flexibility index (Phi) is 5.13. The van der Waals surface area contributed by atoms with Crippen molar-refractivity contribution in [2.45, 2.75) is 63.8 Å². The zero-order chi connectivity index (χ0) is 17.9. The summed E-state index contributed by atoms with van der Waals surface area (Å²) in [7, 11) is 0. The Morgan fingerprint density at radius 1 is 1.23 bits per heavy atom. The van der Waals surface area contributed by atoms with Crippen LogP contribution in [0.3, 0.4) is 0 Å². The van der Waals surface area contributed by atoms with Gasteiger partial charge in [-0.15, -0.1) is 0 Å². The molecular formula is C20H26N4O2. The van der Waals surface area contributed by atoms with Crippen LogP contribution in [0.4, 0.5) is 0 Å². The Morgan fingerprint density at radius 3 is 2.77 bits per heavy atom. The average Bonchev–Trinajstić information content (AvgIpc) is 2.69. The number of rotatable bonds is 4. The highest BCUT2D eigenvalue weighted by Gasteiger charge is 2.26. The second-order valence-corrected chi connectivity index (χ2v) is 7.38. The molecule has 1 atom stereocenters. The summed E-state index contributed by atoms with van der Waals surface area (Å²) in [6.45, 7) is 3.41. The lowest BCUT2D eigenvalue weighted by Gasteiger charge is -2.32. The predicted molar refractivity (Wildman–Crippen MR) is 98.9 cm³/mol. The molecule has 1 aliphatic heterocycles. The second-order valence-electron chi connectivity index (χ2n) is 7.38. The standard InChI is InChI=1S/C20H26N4O2/c1-14(15-6-9-21-10-7-15)22-17-2-4-18(5-3-17)24-20(25)12-16-13-26-11-8-19(16)23-24/h6-7,9-10,12,14,17-18,22H,2-5,8,11,13H2,1H3. The molecule has 6 heteroatoms. The van der Waals surface area contributed by atoms with E-state index < -0.39 is 0 Å². The minimum Gasteiger partial charge on any atom is -0.376 e. The van der Waals surface area contributed by atoms with Crippen molar-refractivity contribution in [3.63, 3.8) is 0 Å². The maximum atomic E-state index is 12.5. The lowest BCUT2D eigenvalue weighted by molar-refractivity contribution is 0.107. The van der Waals surface area contributed by atoms with Gasteiger partial charge in [-0.25, -0.2) is 4.68 Å². The number of pyridine rings is 1. The Balaban J connectivity index is 1.39. The van der Waals surface area contributed by atoms with E-state index in [1.165, 1.54) is 5.56 Å². The van der Waals surface area contributed by atoms with Crippen LogP contribution < -0.4 is 10.9 Å². The molecule has 0 amide bonds. The Bertz CT molecular complexity index is 797. The SMILES string of the molecule is CC(NC1CCC(n2nc3c(cc2=O)COCC3)CC1)c1ccncc1. The van der Waals surface area contributed by atoms with Gasteiger partial charge in [-0.3, -0.25) is 9.78 Å². The Morgan fingerprint density at radius 2 is 2.00 bits per heavy atom. The van der Waals surface area contributed by atoms with Gasteiger partial charge in [0, 0.05) is 42.5 Å². The molecule has 0 aromatic carbocycles. The number of fused-ring (bicyclic) bond motifs is 1. The highest BCUT2D eigenvalue weighted by atomic mass is 16.5. The van der Waals surface area contributed by atoms with Gasteiger partial charge in [-0.05, 0) is 50.3 Å². The molecular weight excluding hydrogens is 328 g/mol. The zero-order valence-electron chi connectivity index (χ0n) is 15.2. The van der Waals surface area contributed by atoms with Crippen LogP contribution in [0.2, 0.25) is 0 Å². The first-order valence-electron chi connectivity index (χ1n) is 9.56. The maximum Gasteiger partial charge on any atom is 0.267 e. The molecule has 0 bridgehead atoms. The first kappa shape index (κ1) is 17.4. The summed E-state index contributed by atoms with van der Waals surface area (Å²) < 4.78 is 7.15. The van der Waals surface area contributed by atoms with Crippen LogP contribution in [0.25, 0.3) is 0 Å². The molecule has 1 aliphatic carbocycles. The van der Waals surface area contributed by atoms with Gasteiger partial charge in [0.1, 0.15) is 0 Å². The van der Waals surface area contributed by atoms with Crippen LogP contribution >= 0.6 is 0 Å². The van der Waals surface area contributed by atoms with Crippen LogP contribution in [0.1, 0.15) is 61.5 Å². The molecule has 138 valence electrons. The summed E-state index contributed by atoms with van der Waals surface area (Å²) in [5, 5.41) is 8.39. The van der Waals surface area contributed by atoms with Crippen LogP contribution in [-0.4, -0.2) is 27.4 Å². The molecule has 1 unspecified atom stereocenters. The average molecular weight is 354 g/mol. The van der Waals surface area contributed by atoms with Crippen molar-refractivity contribution in [2.75, 3.05) is 6.61 Å². The third-order valence-electron chi connectivity index (χ3n) is 5.60. The third kappa shape index (κ3) is 3.71. The number of hydrogen-bond donors (Lipinski definition) is 1. The van der Waals surface area contributed by atoms with Crippen molar-refractivity contribution in [3.05, 3.63) is 57.8 Å². The fraction of sp³-hybridized carbons (Fsp3) is 0.550. The minimum atomic E-state index is 0.0100. The van der Waals surface area contributed by atoms with E-state index in [1.807, 2.05) is 12.4 Å². The van der Waals surface area contributed by atoms with Crippen LogP contribution in [0.15, 0.2) is 35.4 Å². The van der Waals surface area contributed by atoms with Crippen molar-refractivity contribution in [3.8, 4) is 0 Å². The summed E-state index contributed by atoms with van der Waals surface area (Å²) in [5.41, 5.74) is 3.26. The quantitative estimate of drug-likeness (QED) is 0.914. The maximum absolute atomic E-state index is 12.5. The molecule has 0 spiro atoms. The molecule has 1 fully saturated rings.